The lowest BCUT2D eigenvalue weighted by molar-refractivity contribution is -0.109. The first-order chi connectivity index (χ1) is 4.77. The molecule has 0 heterocycles. The molecule has 0 fully saturated rings. The molecule has 0 aliphatic heterocycles. The van der Waals surface area contributed by atoms with Gasteiger partial charge in [-0.05, 0) is 12.0 Å². The van der Waals surface area contributed by atoms with Gasteiger partial charge in [-0.3, -0.25) is 4.79 Å². The molecule has 0 N–H and O–H groups in total. The zero-order chi connectivity index (χ0) is 7.82. The molecule has 0 unspecified atom stereocenters. The molecule has 0 rings (SSSR count). The zero-order valence-corrected chi connectivity index (χ0v) is 6.60. The van der Waals surface area contributed by atoms with Crippen molar-refractivity contribution < 1.29 is 4.79 Å². The van der Waals surface area contributed by atoms with Gasteiger partial charge in [0.2, 0.25) is 0 Å². The maximum atomic E-state index is 10.3. The molecule has 0 aromatic heterocycles. The van der Waals surface area contributed by atoms with Crippen molar-refractivity contribution in [3.63, 3.8) is 0 Å². The number of carbonyl (C=O) groups is 1. The van der Waals surface area contributed by atoms with Crippen LogP contribution in [-0.4, -0.2) is 17.4 Å². The molecule has 0 saturated heterocycles. The third-order valence-corrected chi connectivity index (χ3v) is 1.67. The molecule has 0 bridgehead atoms. The van der Waals surface area contributed by atoms with Crippen LogP contribution in [0.15, 0.2) is 5.11 Å². The van der Waals surface area contributed by atoms with Gasteiger partial charge in [0.15, 0.2) is 5.12 Å². The summed E-state index contributed by atoms with van der Waals surface area (Å²) in [7, 11) is 0. The molecule has 0 aromatic carbocycles. The highest BCUT2D eigenvalue weighted by Gasteiger charge is 1.91. The molecule has 0 amide bonds. The maximum absolute atomic E-state index is 10.3. The second-order valence-corrected chi connectivity index (χ2v) is 2.92. The summed E-state index contributed by atoms with van der Waals surface area (Å²) in [5, 5.41) is 3.44. The summed E-state index contributed by atoms with van der Waals surface area (Å²) < 4.78 is 0. The minimum atomic E-state index is 0.112. The summed E-state index contributed by atoms with van der Waals surface area (Å²) in [5.41, 5.74) is 7.86. The lowest BCUT2D eigenvalue weighted by Crippen LogP contribution is -1.87. The average Bonchev–Trinajstić information content (AvgIpc) is 1.87. The summed E-state index contributed by atoms with van der Waals surface area (Å²) >= 11 is 1.26. The molecule has 0 aliphatic rings. The van der Waals surface area contributed by atoms with E-state index >= 15 is 0 Å². The van der Waals surface area contributed by atoms with E-state index in [1.54, 1.807) is 0 Å². The van der Waals surface area contributed by atoms with Crippen LogP contribution < -0.4 is 0 Å². The molecule has 5 heteroatoms. The number of carbonyl (C=O) groups excluding carboxylic acids is 1. The first-order valence-electron chi connectivity index (χ1n) is 2.91. The molecular weight excluding hydrogens is 150 g/mol. The summed E-state index contributed by atoms with van der Waals surface area (Å²) in [4.78, 5) is 12.9. The van der Waals surface area contributed by atoms with Gasteiger partial charge < -0.3 is 0 Å². The number of azide groups is 1. The quantitative estimate of drug-likeness (QED) is 0.272. The van der Waals surface area contributed by atoms with Crippen molar-refractivity contribution in [3.05, 3.63) is 10.4 Å². The molecule has 0 radical (unpaired) electrons. The fourth-order valence-corrected chi connectivity index (χ4v) is 0.957. The Morgan fingerprint density at radius 2 is 2.50 bits per heavy atom. The van der Waals surface area contributed by atoms with Crippen molar-refractivity contribution in [2.75, 3.05) is 12.3 Å². The lowest BCUT2D eigenvalue weighted by atomic mass is 10.5. The molecule has 4 nitrogen and oxygen atoms in total. The lowest BCUT2D eigenvalue weighted by Gasteiger charge is -1.90. The highest BCUT2D eigenvalue weighted by molar-refractivity contribution is 8.13. The number of nitrogens with zero attached hydrogens (tertiary/aromatic N) is 3. The predicted molar refractivity (Wildman–Crippen MR) is 41.8 cm³/mol. The highest BCUT2D eigenvalue weighted by atomic mass is 32.2. The number of hydrogen-bond acceptors (Lipinski definition) is 3. The number of rotatable bonds is 4. The molecule has 10 heavy (non-hydrogen) atoms. The van der Waals surface area contributed by atoms with E-state index in [2.05, 4.69) is 10.0 Å². The molecule has 0 aromatic rings. The Bertz CT molecular complexity index is 149. The molecular formula is C5H9N3OS. The third kappa shape index (κ3) is 7.33. The van der Waals surface area contributed by atoms with Gasteiger partial charge in [0, 0.05) is 24.1 Å². The molecule has 0 saturated carbocycles. The Hall–Kier alpha value is -0.670. The number of thioether (sulfide) groups is 1. The van der Waals surface area contributed by atoms with E-state index in [0.29, 0.717) is 6.54 Å². The van der Waals surface area contributed by atoms with Crippen LogP contribution in [0.5, 0.6) is 0 Å². The van der Waals surface area contributed by atoms with E-state index in [1.165, 1.54) is 18.7 Å². The van der Waals surface area contributed by atoms with Gasteiger partial charge in [0.05, 0.1) is 0 Å². The Balaban J connectivity index is 3.05. The van der Waals surface area contributed by atoms with Gasteiger partial charge in [-0.1, -0.05) is 16.9 Å². The van der Waals surface area contributed by atoms with Gasteiger partial charge >= 0.3 is 0 Å². The van der Waals surface area contributed by atoms with E-state index in [9.17, 15) is 4.79 Å². The van der Waals surface area contributed by atoms with E-state index in [-0.39, 0.29) is 5.12 Å². The topological polar surface area (TPSA) is 65.8 Å². The first kappa shape index (κ1) is 9.33. The fraction of sp³-hybridized carbons (Fsp3) is 0.800. The van der Waals surface area contributed by atoms with E-state index in [0.717, 1.165) is 12.2 Å². The second kappa shape index (κ2) is 6.45. The van der Waals surface area contributed by atoms with Gasteiger partial charge in [-0.2, -0.15) is 0 Å². The van der Waals surface area contributed by atoms with Crippen LogP contribution in [0.25, 0.3) is 10.4 Å². The average molecular weight is 159 g/mol. The Morgan fingerprint density at radius 1 is 1.80 bits per heavy atom. The monoisotopic (exact) mass is 159 g/mol. The Labute approximate surface area is 63.6 Å². The van der Waals surface area contributed by atoms with Gasteiger partial charge in [0.1, 0.15) is 0 Å². The van der Waals surface area contributed by atoms with Crippen LogP contribution in [-0.2, 0) is 4.79 Å². The second-order valence-electron chi connectivity index (χ2n) is 1.65. The van der Waals surface area contributed by atoms with Crippen molar-refractivity contribution in [2.24, 2.45) is 5.11 Å². The Morgan fingerprint density at radius 3 is 3.00 bits per heavy atom. The maximum Gasteiger partial charge on any atom is 0.185 e. The van der Waals surface area contributed by atoms with Crippen LogP contribution >= 0.6 is 11.8 Å². The van der Waals surface area contributed by atoms with Gasteiger partial charge in [-0.15, -0.1) is 0 Å². The summed E-state index contributed by atoms with van der Waals surface area (Å²) in [5.74, 6) is 0.744. The predicted octanol–water partition coefficient (Wildman–Crippen LogP) is 1.97. The van der Waals surface area contributed by atoms with Crippen LogP contribution in [0.3, 0.4) is 0 Å². The molecule has 0 spiro atoms. The van der Waals surface area contributed by atoms with Crippen LogP contribution in [0.2, 0.25) is 0 Å². The van der Waals surface area contributed by atoms with Gasteiger partial charge in [-0.25, -0.2) is 0 Å². The smallest absolute Gasteiger partial charge is 0.185 e. The Kier molecular flexibility index (Phi) is 6.02. The first-order valence-corrected chi connectivity index (χ1v) is 3.90. The van der Waals surface area contributed by atoms with Crippen molar-refractivity contribution in [2.45, 2.75) is 13.3 Å². The summed E-state index contributed by atoms with van der Waals surface area (Å²) in [6.45, 7) is 2.01. The fourth-order valence-electron chi connectivity index (χ4n) is 0.396. The third-order valence-electron chi connectivity index (χ3n) is 0.771. The summed E-state index contributed by atoms with van der Waals surface area (Å²) in [6, 6.07) is 0. The normalized spacial score (nSPS) is 8.50. The van der Waals surface area contributed by atoms with E-state index in [1.807, 2.05) is 0 Å². The van der Waals surface area contributed by atoms with Crippen molar-refractivity contribution in [1.82, 2.24) is 0 Å². The molecule has 0 aliphatic carbocycles. The van der Waals surface area contributed by atoms with Crippen molar-refractivity contribution >= 4 is 16.9 Å². The minimum absolute atomic E-state index is 0.112. The molecule has 0 atom stereocenters. The van der Waals surface area contributed by atoms with E-state index < -0.39 is 0 Å². The van der Waals surface area contributed by atoms with Crippen LogP contribution in [0, 0.1) is 0 Å². The number of hydrogen-bond donors (Lipinski definition) is 0. The van der Waals surface area contributed by atoms with Gasteiger partial charge in [0.25, 0.3) is 0 Å². The minimum Gasteiger partial charge on any atom is -0.288 e. The largest absolute Gasteiger partial charge is 0.288 e. The standard InChI is InChI=1S/C5H9N3OS/c1-5(9)10-4-2-3-7-8-6/h2-4H2,1H3. The van der Waals surface area contributed by atoms with Crippen LogP contribution in [0.4, 0.5) is 0 Å². The van der Waals surface area contributed by atoms with Crippen LogP contribution in [0.1, 0.15) is 13.3 Å². The molecule has 56 valence electrons. The highest BCUT2D eigenvalue weighted by Crippen LogP contribution is 2.02. The van der Waals surface area contributed by atoms with Crippen molar-refractivity contribution in [3.8, 4) is 0 Å². The van der Waals surface area contributed by atoms with Crippen molar-refractivity contribution in [1.29, 1.82) is 0 Å². The summed E-state index contributed by atoms with van der Waals surface area (Å²) in [6.07, 6.45) is 0.772. The van der Waals surface area contributed by atoms with E-state index in [4.69, 9.17) is 5.53 Å². The zero-order valence-electron chi connectivity index (χ0n) is 5.78. The SMILES string of the molecule is CC(=O)SCCCN=[N+]=[N-].